The first-order valence-electron chi connectivity index (χ1n) is 9.13. The third kappa shape index (κ3) is 6.62. The maximum absolute atomic E-state index is 12.2. The van der Waals surface area contributed by atoms with Gasteiger partial charge in [-0.05, 0) is 28.8 Å². The highest BCUT2D eigenvalue weighted by atomic mass is 35.5. The molecule has 0 unspecified atom stereocenters. The van der Waals surface area contributed by atoms with E-state index in [-0.39, 0.29) is 11.9 Å². The zero-order valence-electron chi connectivity index (χ0n) is 15.7. The van der Waals surface area contributed by atoms with Gasteiger partial charge in [-0.15, -0.1) is 0 Å². The number of nitrogens with zero attached hydrogens (tertiary/aromatic N) is 1. The van der Waals surface area contributed by atoms with Crippen LogP contribution in [0.1, 0.15) is 27.0 Å². The smallest absolute Gasteiger partial charge is 0.315 e. The monoisotopic (exact) mass is 408 g/mol. The van der Waals surface area contributed by atoms with Gasteiger partial charge < -0.3 is 16.0 Å². The van der Waals surface area contributed by atoms with Gasteiger partial charge in [-0.2, -0.15) is 0 Å². The normalized spacial score (nSPS) is 10.2. The molecule has 0 saturated carbocycles. The molecule has 0 spiro atoms. The lowest BCUT2D eigenvalue weighted by molar-refractivity contribution is 0.0950. The molecule has 0 aliphatic heterocycles. The number of urea groups is 1. The molecule has 7 heteroatoms. The van der Waals surface area contributed by atoms with Gasteiger partial charge in [-0.3, -0.25) is 4.79 Å². The first-order chi connectivity index (χ1) is 14.1. The van der Waals surface area contributed by atoms with Crippen LogP contribution < -0.4 is 16.0 Å². The number of amides is 3. The van der Waals surface area contributed by atoms with Crippen LogP contribution in [0.15, 0.2) is 72.9 Å². The number of benzene rings is 2. The summed E-state index contributed by atoms with van der Waals surface area (Å²) < 4.78 is 0. The van der Waals surface area contributed by atoms with E-state index in [1.807, 2.05) is 54.6 Å². The summed E-state index contributed by atoms with van der Waals surface area (Å²) in [6, 6.07) is 20.4. The quantitative estimate of drug-likeness (QED) is 0.521. The first-order valence-corrected chi connectivity index (χ1v) is 9.51. The number of aromatic nitrogens is 1. The fourth-order valence-corrected chi connectivity index (χ4v) is 2.78. The van der Waals surface area contributed by atoms with Crippen molar-refractivity contribution in [1.29, 1.82) is 0 Å². The van der Waals surface area contributed by atoms with Gasteiger partial charge in [-0.25, -0.2) is 9.78 Å². The Morgan fingerprint density at radius 1 is 0.759 bits per heavy atom. The molecule has 3 N–H and O–H groups in total. The molecule has 1 heterocycles. The fraction of sp³-hybridized carbons (Fsp3) is 0.136. The van der Waals surface area contributed by atoms with Crippen molar-refractivity contribution in [1.82, 2.24) is 20.9 Å². The van der Waals surface area contributed by atoms with Crippen molar-refractivity contribution in [3.05, 3.63) is 100 Å². The second-order valence-corrected chi connectivity index (χ2v) is 6.78. The van der Waals surface area contributed by atoms with Crippen LogP contribution >= 0.6 is 11.6 Å². The zero-order chi connectivity index (χ0) is 20.5. The van der Waals surface area contributed by atoms with Gasteiger partial charge in [0.1, 0.15) is 5.15 Å². The molecule has 6 nitrogen and oxygen atoms in total. The average molecular weight is 409 g/mol. The summed E-state index contributed by atoms with van der Waals surface area (Å²) >= 11 is 5.73. The van der Waals surface area contributed by atoms with E-state index in [9.17, 15) is 9.59 Å². The van der Waals surface area contributed by atoms with Crippen LogP contribution in [0.2, 0.25) is 5.15 Å². The summed E-state index contributed by atoms with van der Waals surface area (Å²) in [7, 11) is 0. The van der Waals surface area contributed by atoms with Gasteiger partial charge in [0.05, 0.1) is 5.56 Å². The molecular formula is C22H21ClN4O2. The third-order valence-corrected chi connectivity index (χ3v) is 4.41. The summed E-state index contributed by atoms with van der Waals surface area (Å²) in [5.74, 6) is -0.224. The number of rotatable bonds is 7. The van der Waals surface area contributed by atoms with Crippen LogP contribution in [0.3, 0.4) is 0 Å². The summed E-state index contributed by atoms with van der Waals surface area (Å²) in [6.07, 6.45) is 1.44. The molecule has 0 radical (unpaired) electrons. The lowest BCUT2D eigenvalue weighted by Gasteiger charge is -2.10. The average Bonchev–Trinajstić information content (AvgIpc) is 2.76. The largest absolute Gasteiger partial charge is 0.348 e. The number of hydrogen-bond donors (Lipinski definition) is 3. The van der Waals surface area contributed by atoms with Crippen molar-refractivity contribution < 1.29 is 9.59 Å². The molecule has 0 aliphatic rings. The summed E-state index contributed by atoms with van der Waals surface area (Å²) in [5.41, 5.74) is 3.36. The Kier molecular flexibility index (Phi) is 7.19. The predicted molar refractivity (Wildman–Crippen MR) is 112 cm³/mol. The Hall–Kier alpha value is -3.38. The Balaban J connectivity index is 1.45. The number of nitrogens with one attached hydrogen (secondary N) is 3. The van der Waals surface area contributed by atoms with E-state index < -0.39 is 0 Å². The van der Waals surface area contributed by atoms with Gasteiger partial charge in [-0.1, -0.05) is 66.2 Å². The molecule has 2 aromatic carbocycles. The minimum atomic E-state index is -0.234. The van der Waals surface area contributed by atoms with E-state index in [0.717, 1.165) is 16.7 Å². The van der Waals surface area contributed by atoms with Gasteiger partial charge >= 0.3 is 6.03 Å². The van der Waals surface area contributed by atoms with Crippen molar-refractivity contribution in [2.75, 3.05) is 0 Å². The summed E-state index contributed by atoms with van der Waals surface area (Å²) in [5, 5.41) is 8.84. The molecule has 0 saturated heterocycles. The maximum Gasteiger partial charge on any atom is 0.315 e. The molecule has 3 amide bonds. The number of hydrogen-bond acceptors (Lipinski definition) is 3. The molecule has 148 valence electrons. The van der Waals surface area contributed by atoms with Crippen LogP contribution in [0.25, 0.3) is 0 Å². The third-order valence-electron chi connectivity index (χ3n) is 4.18. The van der Waals surface area contributed by atoms with Gasteiger partial charge in [0.25, 0.3) is 5.91 Å². The zero-order valence-corrected chi connectivity index (χ0v) is 16.4. The van der Waals surface area contributed by atoms with E-state index >= 15 is 0 Å². The Morgan fingerprint density at radius 2 is 1.38 bits per heavy atom. The molecule has 1 aromatic heterocycles. The highest BCUT2D eigenvalue weighted by Gasteiger charge is 2.06. The van der Waals surface area contributed by atoms with Gasteiger partial charge in [0.2, 0.25) is 0 Å². The van der Waals surface area contributed by atoms with Crippen molar-refractivity contribution >= 4 is 23.5 Å². The lowest BCUT2D eigenvalue weighted by atomic mass is 10.1. The van der Waals surface area contributed by atoms with E-state index in [1.165, 1.54) is 6.20 Å². The minimum absolute atomic E-state index is 0.224. The van der Waals surface area contributed by atoms with Crippen molar-refractivity contribution in [2.24, 2.45) is 0 Å². The SMILES string of the molecule is O=C(NCc1ccccc1)NCc1cccc(CNC(=O)c2ccc(Cl)nc2)c1. The predicted octanol–water partition coefficient (Wildman–Crippen LogP) is 3.66. The topological polar surface area (TPSA) is 83.1 Å². The standard InChI is InChI=1S/C22H21ClN4O2/c23-20-10-9-19(15-24-20)21(28)25-13-17-7-4-8-18(11-17)14-27-22(29)26-12-16-5-2-1-3-6-16/h1-11,15H,12-14H2,(H,25,28)(H2,26,27,29). The lowest BCUT2D eigenvalue weighted by Crippen LogP contribution is -2.34. The van der Waals surface area contributed by atoms with Crippen molar-refractivity contribution in [3.8, 4) is 0 Å². The maximum atomic E-state index is 12.2. The van der Waals surface area contributed by atoms with E-state index in [4.69, 9.17) is 11.6 Å². The number of carbonyl (C=O) groups excluding carboxylic acids is 2. The Morgan fingerprint density at radius 3 is 2.03 bits per heavy atom. The molecule has 3 aromatic rings. The summed E-state index contributed by atoms with van der Waals surface area (Å²) in [4.78, 5) is 28.0. The molecule has 3 rings (SSSR count). The van der Waals surface area contributed by atoms with E-state index in [1.54, 1.807) is 12.1 Å². The molecule has 29 heavy (non-hydrogen) atoms. The van der Waals surface area contributed by atoms with Crippen LogP contribution in [0.5, 0.6) is 0 Å². The van der Waals surface area contributed by atoms with Crippen molar-refractivity contribution in [3.63, 3.8) is 0 Å². The highest BCUT2D eigenvalue weighted by molar-refractivity contribution is 6.29. The second kappa shape index (κ2) is 10.2. The summed E-state index contributed by atoms with van der Waals surface area (Å²) in [6.45, 7) is 1.23. The first kappa shape index (κ1) is 20.4. The highest BCUT2D eigenvalue weighted by Crippen LogP contribution is 2.08. The van der Waals surface area contributed by atoms with Crippen LogP contribution in [-0.4, -0.2) is 16.9 Å². The van der Waals surface area contributed by atoms with Crippen LogP contribution in [-0.2, 0) is 19.6 Å². The Labute approximate surface area is 174 Å². The van der Waals surface area contributed by atoms with Crippen molar-refractivity contribution in [2.45, 2.75) is 19.6 Å². The second-order valence-electron chi connectivity index (χ2n) is 6.39. The van der Waals surface area contributed by atoms with Crippen LogP contribution in [0, 0.1) is 0 Å². The number of halogens is 1. The molecule has 0 atom stereocenters. The van der Waals surface area contributed by atoms with E-state index in [2.05, 4.69) is 20.9 Å². The fourth-order valence-electron chi connectivity index (χ4n) is 2.67. The molecule has 0 fully saturated rings. The van der Waals surface area contributed by atoms with E-state index in [0.29, 0.717) is 30.4 Å². The molecule has 0 aliphatic carbocycles. The molecule has 0 bridgehead atoms. The van der Waals surface area contributed by atoms with Gasteiger partial charge in [0, 0.05) is 25.8 Å². The number of carbonyl (C=O) groups is 2. The van der Waals surface area contributed by atoms with Crippen LogP contribution in [0.4, 0.5) is 4.79 Å². The Bertz CT molecular complexity index is 962. The van der Waals surface area contributed by atoms with Gasteiger partial charge in [0.15, 0.2) is 0 Å². The number of pyridine rings is 1. The minimum Gasteiger partial charge on any atom is -0.348 e. The molecular weight excluding hydrogens is 388 g/mol.